The van der Waals surface area contributed by atoms with E-state index in [-0.39, 0.29) is 0 Å². The maximum absolute atomic E-state index is 4.82. The average molecular weight is 308 g/mol. The summed E-state index contributed by atoms with van der Waals surface area (Å²) in [6, 6.07) is 4.39. The van der Waals surface area contributed by atoms with Crippen LogP contribution in [0.4, 0.5) is 0 Å². The molecule has 1 saturated carbocycles. The Morgan fingerprint density at radius 3 is 2.83 bits per heavy atom. The number of nitrogens with one attached hydrogen (secondary N) is 1. The first-order valence-electron chi connectivity index (χ1n) is 8.90. The van der Waals surface area contributed by atoms with E-state index in [2.05, 4.69) is 15.3 Å². The minimum atomic E-state index is 0.433. The normalized spacial score (nSPS) is 21.3. The molecule has 4 rings (SSSR count). The minimum Gasteiger partial charge on any atom is -0.310 e. The van der Waals surface area contributed by atoms with Gasteiger partial charge >= 0.3 is 0 Å². The van der Waals surface area contributed by atoms with Crippen LogP contribution >= 0.6 is 0 Å². The zero-order chi connectivity index (χ0) is 15.5. The fraction of sp³-hybridized carbons (Fsp3) is 0.526. The largest absolute Gasteiger partial charge is 0.310 e. The van der Waals surface area contributed by atoms with E-state index in [1.807, 2.05) is 24.5 Å². The highest BCUT2D eigenvalue weighted by Crippen LogP contribution is 2.31. The lowest BCUT2D eigenvalue weighted by atomic mass is 9.91. The Hall–Kier alpha value is -1.81. The van der Waals surface area contributed by atoms with E-state index in [0.29, 0.717) is 6.04 Å². The van der Waals surface area contributed by atoms with Crippen LogP contribution in [0.2, 0.25) is 0 Å². The van der Waals surface area contributed by atoms with Gasteiger partial charge < -0.3 is 5.32 Å². The van der Waals surface area contributed by atoms with E-state index in [1.165, 1.54) is 49.8 Å². The van der Waals surface area contributed by atoms with Gasteiger partial charge in [0.25, 0.3) is 0 Å². The van der Waals surface area contributed by atoms with E-state index in [4.69, 9.17) is 4.98 Å². The summed E-state index contributed by atoms with van der Waals surface area (Å²) >= 11 is 0. The molecule has 4 nitrogen and oxygen atoms in total. The van der Waals surface area contributed by atoms with Crippen LogP contribution in [0.3, 0.4) is 0 Å². The number of nitrogens with zero attached hydrogens (tertiary/aromatic N) is 3. The second kappa shape index (κ2) is 6.75. The first-order chi connectivity index (χ1) is 11.4. The standard InChI is InChI=1S/C19H24N4/c1-2-6-14(5-1)11-21-17-8-3-9-18-16(17)13-22-19(23-18)15-7-4-10-20-12-15/h4,7,10,12-14,17,21H,1-3,5-6,8-9,11H2. The first-order valence-corrected chi connectivity index (χ1v) is 8.90. The zero-order valence-corrected chi connectivity index (χ0v) is 13.5. The fourth-order valence-electron chi connectivity index (χ4n) is 3.92. The van der Waals surface area contributed by atoms with Gasteiger partial charge in [-0.15, -0.1) is 0 Å². The summed E-state index contributed by atoms with van der Waals surface area (Å²) < 4.78 is 0. The molecule has 1 N–H and O–H groups in total. The van der Waals surface area contributed by atoms with E-state index in [0.717, 1.165) is 30.3 Å². The van der Waals surface area contributed by atoms with Crippen LogP contribution in [0.1, 0.15) is 55.8 Å². The van der Waals surface area contributed by atoms with Crippen molar-refractivity contribution in [3.05, 3.63) is 42.0 Å². The van der Waals surface area contributed by atoms with Crippen molar-refractivity contribution < 1.29 is 0 Å². The third kappa shape index (κ3) is 3.27. The maximum Gasteiger partial charge on any atom is 0.160 e. The number of aryl methyl sites for hydroxylation is 1. The Bertz CT molecular complexity index is 650. The Morgan fingerprint density at radius 1 is 1.09 bits per heavy atom. The van der Waals surface area contributed by atoms with Crippen LogP contribution in [-0.2, 0) is 6.42 Å². The van der Waals surface area contributed by atoms with Crippen LogP contribution in [0, 0.1) is 5.92 Å². The Labute approximate surface area is 137 Å². The number of fused-ring (bicyclic) bond motifs is 1. The van der Waals surface area contributed by atoms with Crippen LogP contribution in [0.15, 0.2) is 30.7 Å². The Balaban J connectivity index is 1.51. The van der Waals surface area contributed by atoms with Gasteiger partial charge in [0.1, 0.15) is 0 Å². The fourth-order valence-corrected chi connectivity index (χ4v) is 3.92. The molecule has 2 heterocycles. The second-order valence-electron chi connectivity index (χ2n) is 6.84. The van der Waals surface area contributed by atoms with Gasteiger partial charge in [-0.2, -0.15) is 0 Å². The van der Waals surface area contributed by atoms with Gasteiger partial charge in [0, 0.05) is 41.5 Å². The molecule has 0 aromatic carbocycles. The summed E-state index contributed by atoms with van der Waals surface area (Å²) in [6.07, 6.45) is 14.7. The van der Waals surface area contributed by atoms with E-state index in [1.54, 1.807) is 6.20 Å². The lowest BCUT2D eigenvalue weighted by molar-refractivity contribution is 0.400. The molecule has 1 fully saturated rings. The Morgan fingerprint density at radius 2 is 2.00 bits per heavy atom. The van der Waals surface area contributed by atoms with Gasteiger partial charge in [0.2, 0.25) is 0 Å². The Kier molecular flexibility index (Phi) is 4.33. The van der Waals surface area contributed by atoms with Crippen LogP contribution in [0.25, 0.3) is 11.4 Å². The van der Waals surface area contributed by atoms with Crippen molar-refractivity contribution in [1.82, 2.24) is 20.3 Å². The zero-order valence-electron chi connectivity index (χ0n) is 13.5. The van der Waals surface area contributed by atoms with Crippen LogP contribution < -0.4 is 5.32 Å². The van der Waals surface area contributed by atoms with Gasteiger partial charge in [0.05, 0.1) is 0 Å². The summed E-state index contributed by atoms with van der Waals surface area (Å²) in [7, 11) is 0. The number of hydrogen-bond donors (Lipinski definition) is 1. The highest BCUT2D eigenvalue weighted by atomic mass is 15.0. The van der Waals surface area contributed by atoms with Gasteiger partial charge in [-0.25, -0.2) is 9.97 Å². The number of hydrogen-bond acceptors (Lipinski definition) is 4. The molecule has 0 aliphatic heterocycles. The highest BCUT2D eigenvalue weighted by Gasteiger charge is 2.24. The number of aromatic nitrogens is 3. The van der Waals surface area contributed by atoms with Crippen LogP contribution in [0.5, 0.6) is 0 Å². The van der Waals surface area contributed by atoms with E-state index in [9.17, 15) is 0 Å². The molecule has 4 heteroatoms. The smallest absolute Gasteiger partial charge is 0.160 e. The predicted molar refractivity (Wildman–Crippen MR) is 90.9 cm³/mol. The molecule has 2 aliphatic carbocycles. The summed E-state index contributed by atoms with van der Waals surface area (Å²) in [6.45, 7) is 1.15. The van der Waals surface area contributed by atoms with Gasteiger partial charge in [-0.3, -0.25) is 4.98 Å². The third-order valence-electron chi connectivity index (χ3n) is 5.23. The van der Waals surface area contributed by atoms with Crippen molar-refractivity contribution in [3.63, 3.8) is 0 Å². The van der Waals surface area contributed by atoms with Crippen molar-refractivity contribution in [2.45, 2.75) is 51.0 Å². The summed E-state index contributed by atoms with van der Waals surface area (Å²) in [5.74, 6) is 1.67. The molecule has 1 unspecified atom stereocenters. The first kappa shape index (κ1) is 14.8. The highest BCUT2D eigenvalue weighted by molar-refractivity contribution is 5.53. The molecule has 0 bridgehead atoms. The van der Waals surface area contributed by atoms with E-state index < -0.39 is 0 Å². The minimum absolute atomic E-state index is 0.433. The van der Waals surface area contributed by atoms with Gasteiger partial charge in [-0.05, 0) is 56.7 Å². The van der Waals surface area contributed by atoms with Crippen molar-refractivity contribution >= 4 is 0 Å². The van der Waals surface area contributed by atoms with Crippen molar-refractivity contribution in [1.29, 1.82) is 0 Å². The number of pyridine rings is 1. The molecular formula is C19H24N4. The molecule has 0 saturated heterocycles. The molecule has 2 aliphatic rings. The molecule has 0 radical (unpaired) electrons. The SMILES string of the molecule is c1cncc(-c2ncc3c(n2)CCCC3NCC2CCCC2)c1. The lowest BCUT2D eigenvalue weighted by Crippen LogP contribution is -2.29. The maximum atomic E-state index is 4.82. The van der Waals surface area contributed by atoms with E-state index >= 15 is 0 Å². The second-order valence-corrected chi connectivity index (χ2v) is 6.84. The number of rotatable bonds is 4. The molecule has 120 valence electrons. The summed E-state index contributed by atoms with van der Waals surface area (Å²) in [4.78, 5) is 13.6. The predicted octanol–water partition coefficient (Wildman–Crippen LogP) is 3.70. The third-order valence-corrected chi connectivity index (χ3v) is 5.23. The molecule has 2 aromatic heterocycles. The molecule has 0 spiro atoms. The molecular weight excluding hydrogens is 284 g/mol. The lowest BCUT2D eigenvalue weighted by Gasteiger charge is -2.27. The molecule has 2 aromatic rings. The van der Waals surface area contributed by atoms with Crippen molar-refractivity contribution in [2.75, 3.05) is 6.54 Å². The van der Waals surface area contributed by atoms with Crippen LogP contribution in [-0.4, -0.2) is 21.5 Å². The summed E-state index contributed by atoms with van der Waals surface area (Å²) in [5, 5.41) is 3.79. The van der Waals surface area contributed by atoms with Gasteiger partial charge in [-0.1, -0.05) is 12.8 Å². The molecule has 23 heavy (non-hydrogen) atoms. The van der Waals surface area contributed by atoms with Crippen molar-refractivity contribution in [2.24, 2.45) is 5.92 Å². The van der Waals surface area contributed by atoms with Gasteiger partial charge in [0.15, 0.2) is 5.82 Å². The molecule has 1 atom stereocenters. The quantitative estimate of drug-likeness (QED) is 0.936. The monoisotopic (exact) mass is 308 g/mol. The summed E-state index contributed by atoms with van der Waals surface area (Å²) in [5.41, 5.74) is 3.52. The molecule has 0 amide bonds. The average Bonchev–Trinajstić information content (AvgIpc) is 3.14. The topological polar surface area (TPSA) is 50.7 Å². The van der Waals surface area contributed by atoms with Crippen molar-refractivity contribution in [3.8, 4) is 11.4 Å².